The predicted octanol–water partition coefficient (Wildman–Crippen LogP) is 3.65. The Labute approximate surface area is 201 Å². The lowest BCUT2D eigenvalue weighted by atomic mass is 10.1. The van der Waals surface area contributed by atoms with E-state index in [-0.39, 0.29) is 39.9 Å². The highest BCUT2D eigenvalue weighted by Crippen LogP contribution is 2.37. The first-order chi connectivity index (χ1) is 16.2. The molecule has 0 atom stereocenters. The monoisotopic (exact) mass is 546 g/mol. The van der Waals surface area contributed by atoms with E-state index in [0.29, 0.717) is 5.75 Å². The van der Waals surface area contributed by atoms with Gasteiger partial charge in [-0.25, -0.2) is 13.8 Å². The molecule has 0 radical (unpaired) electrons. The van der Waals surface area contributed by atoms with E-state index in [1.54, 1.807) is 12.1 Å². The van der Waals surface area contributed by atoms with Crippen molar-refractivity contribution in [3.8, 4) is 11.5 Å². The third-order valence-electron chi connectivity index (χ3n) is 4.61. The molecule has 0 spiro atoms. The molecule has 0 bridgehead atoms. The highest BCUT2D eigenvalue weighted by molar-refractivity contribution is 9.10. The summed E-state index contributed by atoms with van der Waals surface area (Å²) in [5.74, 6) is -0.00903. The molecule has 1 heterocycles. The second kappa shape index (κ2) is 9.49. The molecule has 174 valence electrons. The molecule has 1 aliphatic heterocycles. The summed E-state index contributed by atoms with van der Waals surface area (Å²) in [4.78, 5) is 23.1. The van der Waals surface area contributed by atoms with Crippen LogP contribution in [0, 0.1) is 10.1 Å². The Morgan fingerprint density at radius 2 is 1.71 bits per heavy atom. The number of hydrogen-bond donors (Lipinski definition) is 2. The van der Waals surface area contributed by atoms with Crippen molar-refractivity contribution in [2.45, 2.75) is 4.90 Å². The number of halogens is 1. The van der Waals surface area contributed by atoms with Crippen LogP contribution < -0.4 is 19.6 Å². The minimum Gasteiger partial charge on any atom is -0.454 e. The molecule has 0 saturated heterocycles. The van der Waals surface area contributed by atoms with Gasteiger partial charge >= 0.3 is 0 Å². The Morgan fingerprint density at radius 3 is 2.35 bits per heavy atom. The van der Waals surface area contributed by atoms with Gasteiger partial charge in [-0.2, -0.15) is 5.10 Å². The molecular weight excluding hydrogens is 532 g/mol. The number of anilines is 1. The number of amides is 1. The lowest BCUT2D eigenvalue weighted by Gasteiger charge is -2.09. The number of carbonyl (C=O) groups is 1. The maximum absolute atomic E-state index is 12.5. The number of nitro groups is 1. The van der Waals surface area contributed by atoms with Crippen molar-refractivity contribution in [2.24, 2.45) is 5.10 Å². The zero-order valence-corrected chi connectivity index (χ0v) is 19.5. The Hall–Kier alpha value is -3.97. The minimum absolute atomic E-state index is 0.0426. The van der Waals surface area contributed by atoms with E-state index in [9.17, 15) is 23.3 Å². The van der Waals surface area contributed by atoms with Crippen molar-refractivity contribution in [1.29, 1.82) is 0 Å². The quantitative estimate of drug-likeness (QED) is 0.261. The summed E-state index contributed by atoms with van der Waals surface area (Å²) in [6.45, 7) is -0.0426. The van der Waals surface area contributed by atoms with Crippen molar-refractivity contribution in [3.05, 3.63) is 86.4 Å². The fourth-order valence-corrected chi connectivity index (χ4v) is 4.27. The van der Waals surface area contributed by atoms with Gasteiger partial charge in [0.05, 0.1) is 27.7 Å². The summed E-state index contributed by atoms with van der Waals surface area (Å²) in [7, 11) is -3.79. The molecular formula is C21H15BrN4O7S. The number of nitrogens with one attached hydrogen (secondary N) is 2. The molecule has 1 aliphatic rings. The fraction of sp³-hybridized carbons (Fsp3) is 0.0476. The normalized spacial score (nSPS) is 12.5. The van der Waals surface area contributed by atoms with Crippen LogP contribution in [0.15, 0.2) is 75.1 Å². The average Bonchev–Trinajstić information content (AvgIpc) is 3.26. The predicted molar refractivity (Wildman–Crippen MR) is 126 cm³/mol. The molecule has 1 amide bonds. The van der Waals surface area contributed by atoms with Crippen LogP contribution in [0.1, 0.15) is 15.9 Å². The molecule has 0 unspecified atom stereocenters. The standard InChI is InChI=1S/C21H15BrN4O7S/c22-15-3-7-17(8-4-15)34(30,31)25-16-5-1-13(2-6-16)21(27)24-23-11-14-9-19-20(33-12-32-19)10-18(14)26(28)29/h1-11,25H,12H2,(H,24,27). The van der Waals surface area contributed by atoms with Gasteiger partial charge in [-0.15, -0.1) is 0 Å². The largest absolute Gasteiger partial charge is 0.454 e. The van der Waals surface area contributed by atoms with Crippen LogP contribution in [0.4, 0.5) is 11.4 Å². The van der Waals surface area contributed by atoms with Crippen LogP contribution in [0.2, 0.25) is 0 Å². The van der Waals surface area contributed by atoms with Crippen LogP contribution in [-0.4, -0.2) is 32.3 Å². The third-order valence-corrected chi connectivity index (χ3v) is 6.54. The van der Waals surface area contributed by atoms with Gasteiger partial charge in [0.1, 0.15) is 0 Å². The third kappa shape index (κ3) is 5.15. The SMILES string of the molecule is O=C(NN=Cc1cc2c(cc1[N+](=O)[O-])OCO2)c1ccc(NS(=O)(=O)c2ccc(Br)cc2)cc1. The van der Waals surface area contributed by atoms with Gasteiger partial charge in [-0.05, 0) is 54.6 Å². The minimum atomic E-state index is -3.79. The summed E-state index contributed by atoms with van der Waals surface area (Å²) in [5.41, 5.74) is 2.59. The van der Waals surface area contributed by atoms with Crippen LogP contribution in [-0.2, 0) is 10.0 Å². The second-order valence-corrected chi connectivity index (χ2v) is 9.46. The molecule has 11 nitrogen and oxygen atoms in total. The highest BCUT2D eigenvalue weighted by Gasteiger charge is 2.22. The summed E-state index contributed by atoms with van der Waals surface area (Å²) in [6.07, 6.45) is 1.12. The van der Waals surface area contributed by atoms with Crippen LogP contribution in [0.25, 0.3) is 0 Å². The number of rotatable bonds is 7. The Morgan fingerprint density at radius 1 is 1.06 bits per heavy atom. The number of hydrazone groups is 1. The van der Waals surface area contributed by atoms with E-state index in [1.807, 2.05) is 0 Å². The Kier molecular flexibility index (Phi) is 6.47. The van der Waals surface area contributed by atoms with Gasteiger partial charge in [0, 0.05) is 15.7 Å². The van der Waals surface area contributed by atoms with Crippen molar-refractivity contribution in [1.82, 2.24) is 5.43 Å². The highest BCUT2D eigenvalue weighted by atomic mass is 79.9. The first-order valence-electron chi connectivity index (χ1n) is 9.53. The number of ether oxygens (including phenoxy) is 2. The van der Waals surface area contributed by atoms with Crippen molar-refractivity contribution in [3.63, 3.8) is 0 Å². The average molecular weight is 547 g/mol. The molecule has 0 aromatic heterocycles. The van der Waals surface area contributed by atoms with E-state index in [2.05, 4.69) is 31.2 Å². The number of benzene rings is 3. The smallest absolute Gasteiger partial charge is 0.282 e. The number of sulfonamides is 1. The van der Waals surface area contributed by atoms with E-state index >= 15 is 0 Å². The molecule has 13 heteroatoms. The lowest BCUT2D eigenvalue weighted by molar-refractivity contribution is -0.385. The van der Waals surface area contributed by atoms with Gasteiger partial charge in [-0.1, -0.05) is 15.9 Å². The maximum atomic E-state index is 12.5. The Bertz CT molecular complexity index is 1390. The summed E-state index contributed by atoms with van der Waals surface area (Å²) in [5, 5.41) is 15.1. The van der Waals surface area contributed by atoms with Crippen molar-refractivity contribution >= 4 is 49.4 Å². The lowest BCUT2D eigenvalue weighted by Crippen LogP contribution is -2.18. The first kappa shape index (κ1) is 23.2. The first-order valence-corrected chi connectivity index (χ1v) is 11.8. The van der Waals surface area contributed by atoms with Crippen molar-refractivity contribution in [2.75, 3.05) is 11.5 Å². The molecule has 34 heavy (non-hydrogen) atoms. The number of nitrogens with zero attached hydrogens (tertiary/aromatic N) is 2. The van der Waals surface area contributed by atoms with Crippen LogP contribution in [0.3, 0.4) is 0 Å². The molecule has 0 aliphatic carbocycles. The number of nitro benzene ring substituents is 1. The van der Waals surface area contributed by atoms with Gasteiger partial charge in [0.25, 0.3) is 21.6 Å². The van der Waals surface area contributed by atoms with Gasteiger partial charge < -0.3 is 9.47 Å². The van der Waals surface area contributed by atoms with E-state index < -0.39 is 20.9 Å². The number of fused-ring (bicyclic) bond motifs is 1. The molecule has 3 aromatic rings. The maximum Gasteiger partial charge on any atom is 0.282 e. The van der Waals surface area contributed by atoms with Gasteiger partial charge in [-0.3, -0.25) is 19.6 Å². The molecule has 2 N–H and O–H groups in total. The molecule has 0 saturated carbocycles. The van der Waals surface area contributed by atoms with Crippen molar-refractivity contribution < 1.29 is 27.6 Å². The second-order valence-electron chi connectivity index (χ2n) is 6.86. The van der Waals surface area contributed by atoms with Crippen LogP contribution in [0.5, 0.6) is 11.5 Å². The Balaban J connectivity index is 1.42. The summed E-state index contributed by atoms with van der Waals surface area (Å²) >= 11 is 3.25. The molecule has 4 rings (SSSR count). The number of hydrogen-bond acceptors (Lipinski definition) is 8. The van der Waals surface area contributed by atoms with Crippen LogP contribution >= 0.6 is 15.9 Å². The van der Waals surface area contributed by atoms with E-state index in [1.165, 1.54) is 48.5 Å². The van der Waals surface area contributed by atoms with Gasteiger partial charge in [0.2, 0.25) is 6.79 Å². The topological polar surface area (TPSA) is 149 Å². The zero-order valence-electron chi connectivity index (χ0n) is 17.1. The fourth-order valence-electron chi connectivity index (χ4n) is 2.95. The number of carbonyl (C=O) groups excluding carboxylic acids is 1. The van der Waals surface area contributed by atoms with E-state index in [0.717, 1.165) is 10.7 Å². The molecule has 0 fully saturated rings. The van der Waals surface area contributed by atoms with E-state index in [4.69, 9.17) is 9.47 Å². The van der Waals surface area contributed by atoms with Gasteiger partial charge in [0.15, 0.2) is 11.5 Å². The zero-order chi connectivity index (χ0) is 24.3. The summed E-state index contributed by atoms with van der Waals surface area (Å²) in [6, 6.07) is 14.4. The summed E-state index contributed by atoms with van der Waals surface area (Å²) < 4.78 is 38.4. The molecule has 3 aromatic carbocycles.